The first-order valence-electron chi connectivity index (χ1n) is 9.14. The van der Waals surface area contributed by atoms with E-state index in [4.69, 9.17) is 14.5 Å². The predicted molar refractivity (Wildman–Crippen MR) is 111 cm³/mol. The zero-order valence-corrected chi connectivity index (χ0v) is 17.5. The van der Waals surface area contributed by atoms with Gasteiger partial charge in [0.1, 0.15) is 0 Å². The monoisotopic (exact) mass is 459 g/mol. The van der Waals surface area contributed by atoms with Gasteiger partial charge in [-0.25, -0.2) is 4.99 Å². The molecule has 1 aromatic rings. The molecule has 0 spiro atoms. The Morgan fingerprint density at radius 2 is 1.96 bits per heavy atom. The number of aliphatic imine (C=N–C) groups is 1. The fourth-order valence-corrected chi connectivity index (χ4v) is 3.42. The maximum absolute atomic E-state index is 5.91. The SMILES string of the molecule is CCNC(=NCc1ccc(COCC)cc1)NC1CC2CCC1O2.I. The summed E-state index contributed by atoms with van der Waals surface area (Å²) >= 11 is 0. The van der Waals surface area contributed by atoms with Gasteiger partial charge in [0.05, 0.1) is 31.4 Å². The van der Waals surface area contributed by atoms with Crippen LogP contribution in [0.15, 0.2) is 29.3 Å². The van der Waals surface area contributed by atoms with Crippen molar-refractivity contribution in [3.8, 4) is 0 Å². The van der Waals surface area contributed by atoms with Crippen molar-refractivity contribution in [3.05, 3.63) is 35.4 Å². The molecule has 3 atom stereocenters. The van der Waals surface area contributed by atoms with Crippen molar-refractivity contribution in [3.63, 3.8) is 0 Å². The molecule has 2 aliphatic rings. The van der Waals surface area contributed by atoms with Crippen LogP contribution in [0.1, 0.15) is 44.2 Å². The number of ether oxygens (including phenoxy) is 2. The van der Waals surface area contributed by atoms with E-state index in [-0.39, 0.29) is 24.0 Å². The van der Waals surface area contributed by atoms with Gasteiger partial charge in [-0.3, -0.25) is 0 Å². The van der Waals surface area contributed by atoms with Crippen LogP contribution in [0.2, 0.25) is 0 Å². The van der Waals surface area contributed by atoms with E-state index in [0.717, 1.165) is 25.5 Å². The topological polar surface area (TPSA) is 54.9 Å². The molecule has 0 aliphatic carbocycles. The molecule has 3 rings (SSSR count). The van der Waals surface area contributed by atoms with E-state index in [1.807, 2.05) is 6.92 Å². The number of benzene rings is 1. The average molecular weight is 459 g/mol. The van der Waals surface area contributed by atoms with E-state index in [9.17, 15) is 0 Å². The van der Waals surface area contributed by atoms with Gasteiger partial charge in [-0.1, -0.05) is 24.3 Å². The van der Waals surface area contributed by atoms with Gasteiger partial charge in [0.25, 0.3) is 0 Å². The van der Waals surface area contributed by atoms with Crippen LogP contribution in [0, 0.1) is 0 Å². The summed E-state index contributed by atoms with van der Waals surface area (Å²) in [7, 11) is 0. The summed E-state index contributed by atoms with van der Waals surface area (Å²) in [5.41, 5.74) is 2.41. The van der Waals surface area contributed by atoms with Crippen LogP contribution in [-0.2, 0) is 22.6 Å². The van der Waals surface area contributed by atoms with Crippen LogP contribution >= 0.6 is 24.0 Å². The van der Waals surface area contributed by atoms with Crippen molar-refractivity contribution in [1.29, 1.82) is 0 Å². The van der Waals surface area contributed by atoms with Crippen molar-refractivity contribution in [1.82, 2.24) is 10.6 Å². The Kier molecular flexibility index (Phi) is 8.45. The fraction of sp³-hybridized carbons (Fsp3) is 0.632. The van der Waals surface area contributed by atoms with Crippen LogP contribution < -0.4 is 10.6 Å². The first-order valence-corrected chi connectivity index (χ1v) is 9.14. The Balaban J connectivity index is 0.00000225. The fourth-order valence-electron chi connectivity index (χ4n) is 3.42. The molecule has 0 radical (unpaired) electrons. The standard InChI is InChI=1S/C19H29N3O2.HI/c1-3-20-19(22-17-11-16-9-10-18(17)24-16)21-12-14-5-7-15(8-6-14)13-23-4-2;/h5-8,16-18H,3-4,9-13H2,1-2H3,(H2,20,21,22);1H. The average Bonchev–Trinajstić information content (AvgIpc) is 3.22. The minimum absolute atomic E-state index is 0. The number of nitrogens with zero attached hydrogens (tertiary/aromatic N) is 1. The largest absolute Gasteiger partial charge is 0.377 e. The molecule has 1 aromatic carbocycles. The molecular formula is C19H30IN3O2. The van der Waals surface area contributed by atoms with Crippen molar-refractivity contribution >= 4 is 29.9 Å². The zero-order chi connectivity index (χ0) is 16.8. The van der Waals surface area contributed by atoms with Crippen molar-refractivity contribution < 1.29 is 9.47 Å². The molecule has 2 fully saturated rings. The summed E-state index contributed by atoms with van der Waals surface area (Å²) in [6, 6.07) is 8.88. The van der Waals surface area contributed by atoms with Crippen molar-refractivity contribution in [2.24, 2.45) is 4.99 Å². The summed E-state index contributed by atoms with van der Waals surface area (Å²) in [5.74, 6) is 0.886. The van der Waals surface area contributed by atoms with Gasteiger partial charge in [0.2, 0.25) is 0 Å². The second-order valence-corrected chi connectivity index (χ2v) is 6.51. The van der Waals surface area contributed by atoms with Gasteiger partial charge in [0.15, 0.2) is 5.96 Å². The van der Waals surface area contributed by atoms with Crippen LogP contribution in [0.3, 0.4) is 0 Å². The van der Waals surface area contributed by atoms with Gasteiger partial charge in [-0.2, -0.15) is 0 Å². The molecular weight excluding hydrogens is 429 g/mol. The molecule has 2 saturated heterocycles. The molecule has 140 valence electrons. The van der Waals surface area contributed by atoms with Gasteiger partial charge < -0.3 is 20.1 Å². The van der Waals surface area contributed by atoms with Gasteiger partial charge in [-0.05, 0) is 44.2 Å². The number of hydrogen-bond donors (Lipinski definition) is 2. The molecule has 2 N–H and O–H groups in total. The number of guanidine groups is 1. The summed E-state index contributed by atoms with van der Waals surface area (Å²) < 4.78 is 11.3. The quantitative estimate of drug-likeness (QED) is 0.374. The molecule has 0 amide bonds. The molecule has 0 saturated carbocycles. The summed E-state index contributed by atoms with van der Waals surface area (Å²) in [6.07, 6.45) is 4.29. The third-order valence-corrected chi connectivity index (χ3v) is 4.69. The Labute approximate surface area is 168 Å². The Morgan fingerprint density at radius 3 is 2.56 bits per heavy atom. The molecule has 5 nitrogen and oxygen atoms in total. The van der Waals surface area contributed by atoms with Gasteiger partial charge in [0, 0.05) is 13.2 Å². The third kappa shape index (κ3) is 5.82. The summed E-state index contributed by atoms with van der Waals surface area (Å²) in [6.45, 7) is 7.06. The number of rotatable bonds is 7. The Morgan fingerprint density at radius 1 is 1.20 bits per heavy atom. The van der Waals surface area contributed by atoms with E-state index >= 15 is 0 Å². The molecule has 6 heteroatoms. The lowest BCUT2D eigenvalue weighted by Gasteiger charge is -2.22. The number of halogens is 1. The molecule has 2 heterocycles. The van der Waals surface area contributed by atoms with Crippen LogP contribution in [-0.4, -0.2) is 37.4 Å². The molecule has 25 heavy (non-hydrogen) atoms. The third-order valence-electron chi connectivity index (χ3n) is 4.69. The highest BCUT2D eigenvalue weighted by molar-refractivity contribution is 14.0. The Bertz CT molecular complexity index is 550. The maximum atomic E-state index is 5.91. The maximum Gasteiger partial charge on any atom is 0.191 e. The van der Waals surface area contributed by atoms with Crippen molar-refractivity contribution in [2.75, 3.05) is 13.2 Å². The highest BCUT2D eigenvalue weighted by Crippen LogP contribution is 2.34. The lowest BCUT2D eigenvalue weighted by molar-refractivity contribution is 0.0992. The lowest BCUT2D eigenvalue weighted by Crippen LogP contribution is -2.47. The Hall–Kier alpha value is -0.860. The number of nitrogens with one attached hydrogen (secondary N) is 2. The van der Waals surface area contributed by atoms with E-state index < -0.39 is 0 Å². The van der Waals surface area contributed by atoms with E-state index in [1.165, 1.54) is 24.0 Å². The second kappa shape index (κ2) is 10.3. The first kappa shape index (κ1) is 20.5. The van der Waals surface area contributed by atoms with E-state index in [0.29, 0.717) is 31.4 Å². The highest BCUT2D eigenvalue weighted by atomic mass is 127. The smallest absolute Gasteiger partial charge is 0.191 e. The van der Waals surface area contributed by atoms with E-state index in [2.05, 4.69) is 41.8 Å². The lowest BCUT2D eigenvalue weighted by atomic mass is 9.96. The second-order valence-electron chi connectivity index (χ2n) is 6.51. The molecule has 2 aliphatic heterocycles. The molecule has 0 aromatic heterocycles. The normalized spacial score (nSPS) is 24.9. The van der Waals surface area contributed by atoms with Crippen LogP contribution in [0.5, 0.6) is 0 Å². The van der Waals surface area contributed by atoms with Gasteiger partial charge in [-0.15, -0.1) is 24.0 Å². The number of fused-ring (bicyclic) bond motifs is 2. The van der Waals surface area contributed by atoms with Crippen molar-refractivity contribution in [2.45, 2.75) is 64.5 Å². The summed E-state index contributed by atoms with van der Waals surface area (Å²) in [4.78, 5) is 4.73. The highest BCUT2D eigenvalue weighted by Gasteiger charge is 2.41. The first-order chi connectivity index (χ1) is 11.8. The minimum atomic E-state index is 0. The van der Waals surface area contributed by atoms with E-state index in [1.54, 1.807) is 0 Å². The molecule has 3 unspecified atom stereocenters. The molecule has 2 bridgehead atoms. The zero-order valence-electron chi connectivity index (χ0n) is 15.2. The minimum Gasteiger partial charge on any atom is -0.377 e. The van der Waals surface area contributed by atoms with Gasteiger partial charge >= 0.3 is 0 Å². The van der Waals surface area contributed by atoms with Crippen LogP contribution in [0.4, 0.5) is 0 Å². The van der Waals surface area contributed by atoms with Crippen LogP contribution in [0.25, 0.3) is 0 Å². The summed E-state index contributed by atoms with van der Waals surface area (Å²) in [5, 5.41) is 6.89. The predicted octanol–water partition coefficient (Wildman–Crippen LogP) is 3.22. The number of hydrogen-bond acceptors (Lipinski definition) is 3.